The Kier molecular flexibility index (Phi) is 8.56. The van der Waals surface area contributed by atoms with E-state index in [-0.39, 0.29) is 17.7 Å². The van der Waals surface area contributed by atoms with Crippen LogP contribution in [-0.2, 0) is 22.7 Å². The third-order valence-corrected chi connectivity index (χ3v) is 4.42. The molecule has 4 heteroatoms. The fourth-order valence-electron chi connectivity index (χ4n) is 3.17. The van der Waals surface area contributed by atoms with Crippen molar-refractivity contribution >= 4 is 11.8 Å². The van der Waals surface area contributed by atoms with E-state index in [1.54, 1.807) is 0 Å². The lowest BCUT2D eigenvalue weighted by atomic mass is 9.90. The molecular formula is C23H30N2O2. The Morgan fingerprint density at radius 3 is 1.52 bits per heavy atom. The van der Waals surface area contributed by atoms with Gasteiger partial charge < -0.3 is 10.6 Å². The van der Waals surface area contributed by atoms with E-state index in [4.69, 9.17) is 0 Å². The molecule has 2 N–H and O–H groups in total. The van der Waals surface area contributed by atoms with Crippen LogP contribution in [0.15, 0.2) is 60.7 Å². The first-order valence-electron chi connectivity index (χ1n) is 9.64. The van der Waals surface area contributed by atoms with E-state index < -0.39 is 0 Å². The van der Waals surface area contributed by atoms with Crippen LogP contribution in [-0.4, -0.2) is 11.8 Å². The Labute approximate surface area is 162 Å². The van der Waals surface area contributed by atoms with Crippen molar-refractivity contribution in [1.29, 1.82) is 0 Å². The number of hydrogen-bond acceptors (Lipinski definition) is 2. The molecule has 0 saturated heterocycles. The summed E-state index contributed by atoms with van der Waals surface area (Å²) < 4.78 is 0. The molecule has 0 aliphatic carbocycles. The zero-order valence-corrected chi connectivity index (χ0v) is 16.3. The maximum absolute atomic E-state index is 12.3. The Hall–Kier alpha value is -2.62. The second-order valence-electron chi connectivity index (χ2n) is 7.43. The van der Waals surface area contributed by atoms with Crippen LogP contribution in [0.25, 0.3) is 0 Å². The minimum absolute atomic E-state index is 0.000336. The standard InChI is InChI=1S/C23H30N2O2/c1-18(2)13-21(14-22(26)24-16-19-9-5-3-6-10-19)15-23(27)25-17-20-11-7-4-8-12-20/h3-12,18,21H,13-17H2,1-2H3,(H,24,26)(H,25,27). The Morgan fingerprint density at radius 1 is 0.741 bits per heavy atom. The molecule has 2 aromatic rings. The average molecular weight is 367 g/mol. The van der Waals surface area contributed by atoms with Crippen LogP contribution in [0.5, 0.6) is 0 Å². The zero-order chi connectivity index (χ0) is 19.5. The normalized spacial score (nSPS) is 10.8. The van der Waals surface area contributed by atoms with Gasteiger partial charge in [-0.2, -0.15) is 0 Å². The van der Waals surface area contributed by atoms with E-state index in [2.05, 4.69) is 24.5 Å². The number of benzene rings is 2. The predicted molar refractivity (Wildman–Crippen MR) is 109 cm³/mol. The molecule has 144 valence electrons. The van der Waals surface area contributed by atoms with Crippen LogP contribution in [0.1, 0.15) is 44.2 Å². The molecular weight excluding hydrogens is 336 g/mol. The molecule has 2 rings (SSSR count). The number of amides is 2. The lowest BCUT2D eigenvalue weighted by molar-refractivity contribution is -0.124. The van der Waals surface area contributed by atoms with Crippen molar-refractivity contribution in [3.63, 3.8) is 0 Å². The number of hydrogen-bond donors (Lipinski definition) is 2. The highest BCUT2D eigenvalue weighted by Crippen LogP contribution is 2.19. The summed E-state index contributed by atoms with van der Waals surface area (Å²) >= 11 is 0. The van der Waals surface area contributed by atoms with E-state index in [0.717, 1.165) is 17.5 Å². The Morgan fingerprint density at radius 2 is 1.15 bits per heavy atom. The van der Waals surface area contributed by atoms with Gasteiger partial charge in [0.1, 0.15) is 0 Å². The molecule has 0 aliphatic heterocycles. The molecule has 4 nitrogen and oxygen atoms in total. The number of nitrogens with one attached hydrogen (secondary N) is 2. The van der Waals surface area contributed by atoms with Gasteiger partial charge in [-0.25, -0.2) is 0 Å². The van der Waals surface area contributed by atoms with Gasteiger partial charge in [-0.05, 0) is 29.4 Å². The Balaban J connectivity index is 1.80. The minimum Gasteiger partial charge on any atom is -0.352 e. The summed E-state index contributed by atoms with van der Waals surface area (Å²) in [7, 11) is 0. The van der Waals surface area contributed by atoms with E-state index in [0.29, 0.717) is 31.8 Å². The van der Waals surface area contributed by atoms with Gasteiger partial charge in [0, 0.05) is 25.9 Å². The summed E-state index contributed by atoms with van der Waals surface area (Å²) in [6.45, 7) is 5.29. The average Bonchev–Trinajstić information content (AvgIpc) is 2.66. The highest BCUT2D eigenvalue weighted by molar-refractivity contribution is 5.79. The van der Waals surface area contributed by atoms with Crippen LogP contribution in [0.4, 0.5) is 0 Å². The third-order valence-electron chi connectivity index (χ3n) is 4.42. The first kappa shape index (κ1) is 20.7. The minimum atomic E-state index is 0.000336. The molecule has 0 spiro atoms. The second kappa shape index (κ2) is 11.2. The summed E-state index contributed by atoms with van der Waals surface area (Å²) in [5.41, 5.74) is 2.15. The first-order chi connectivity index (χ1) is 13.0. The van der Waals surface area contributed by atoms with Crippen LogP contribution < -0.4 is 10.6 Å². The van der Waals surface area contributed by atoms with Crippen LogP contribution in [0.2, 0.25) is 0 Å². The van der Waals surface area contributed by atoms with Gasteiger partial charge >= 0.3 is 0 Å². The Bertz CT molecular complexity index is 641. The molecule has 0 aromatic heterocycles. The second-order valence-corrected chi connectivity index (χ2v) is 7.43. The number of carbonyl (C=O) groups is 2. The SMILES string of the molecule is CC(C)CC(CC(=O)NCc1ccccc1)CC(=O)NCc1ccccc1. The van der Waals surface area contributed by atoms with Crippen molar-refractivity contribution in [2.75, 3.05) is 0 Å². The fourth-order valence-corrected chi connectivity index (χ4v) is 3.17. The summed E-state index contributed by atoms with van der Waals surface area (Å²) in [6.07, 6.45) is 1.62. The van der Waals surface area contributed by atoms with Gasteiger partial charge in [-0.15, -0.1) is 0 Å². The molecule has 0 bridgehead atoms. The molecule has 0 unspecified atom stereocenters. The van der Waals surface area contributed by atoms with Gasteiger partial charge in [0.05, 0.1) is 0 Å². The highest BCUT2D eigenvalue weighted by Gasteiger charge is 2.19. The molecule has 27 heavy (non-hydrogen) atoms. The van der Waals surface area contributed by atoms with Gasteiger partial charge in [0.15, 0.2) is 0 Å². The highest BCUT2D eigenvalue weighted by atomic mass is 16.2. The topological polar surface area (TPSA) is 58.2 Å². The summed E-state index contributed by atoms with van der Waals surface area (Å²) in [5, 5.41) is 5.93. The van der Waals surface area contributed by atoms with Gasteiger partial charge in [-0.1, -0.05) is 74.5 Å². The molecule has 0 atom stereocenters. The van der Waals surface area contributed by atoms with E-state index >= 15 is 0 Å². The quantitative estimate of drug-likeness (QED) is 0.666. The maximum Gasteiger partial charge on any atom is 0.220 e. The first-order valence-corrected chi connectivity index (χ1v) is 9.64. The van der Waals surface area contributed by atoms with Crippen molar-refractivity contribution in [2.24, 2.45) is 11.8 Å². The predicted octanol–water partition coefficient (Wildman–Crippen LogP) is 4.06. The van der Waals surface area contributed by atoms with Gasteiger partial charge in [-0.3, -0.25) is 9.59 Å². The van der Waals surface area contributed by atoms with Crippen LogP contribution in [0, 0.1) is 11.8 Å². The molecule has 0 aliphatic rings. The smallest absolute Gasteiger partial charge is 0.220 e. The fraction of sp³-hybridized carbons (Fsp3) is 0.391. The molecule has 0 fully saturated rings. The molecule has 2 amide bonds. The van der Waals surface area contributed by atoms with Crippen LogP contribution >= 0.6 is 0 Å². The molecule has 2 aromatic carbocycles. The lowest BCUT2D eigenvalue weighted by Crippen LogP contribution is -2.29. The number of rotatable bonds is 10. The summed E-state index contributed by atoms with van der Waals surface area (Å²) in [4.78, 5) is 24.7. The molecule has 0 heterocycles. The van der Waals surface area contributed by atoms with Gasteiger partial charge in [0.2, 0.25) is 11.8 Å². The van der Waals surface area contributed by atoms with Crippen molar-refractivity contribution in [2.45, 2.75) is 46.2 Å². The summed E-state index contributed by atoms with van der Waals surface area (Å²) in [5.74, 6) is 0.496. The largest absolute Gasteiger partial charge is 0.352 e. The summed E-state index contributed by atoms with van der Waals surface area (Å²) in [6, 6.07) is 19.7. The van der Waals surface area contributed by atoms with Crippen molar-refractivity contribution in [3.8, 4) is 0 Å². The zero-order valence-electron chi connectivity index (χ0n) is 16.3. The third kappa shape index (κ3) is 8.54. The monoisotopic (exact) mass is 366 g/mol. The van der Waals surface area contributed by atoms with E-state index in [9.17, 15) is 9.59 Å². The maximum atomic E-state index is 12.3. The number of carbonyl (C=O) groups excluding carboxylic acids is 2. The van der Waals surface area contributed by atoms with Crippen molar-refractivity contribution < 1.29 is 9.59 Å². The van der Waals surface area contributed by atoms with Crippen molar-refractivity contribution in [1.82, 2.24) is 10.6 Å². The van der Waals surface area contributed by atoms with E-state index in [1.165, 1.54) is 0 Å². The molecule has 0 saturated carbocycles. The van der Waals surface area contributed by atoms with Crippen LogP contribution in [0.3, 0.4) is 0 Å². The van der Waals surface area contributed by atoms with Gasteiger partial charge in [0.25, 0.3) is 0 Å². The van der Waals surface area contributed by atoms with Crippen molar-refractivity contribution in [3.05, 3.63) is 71.8 Å². The lowest BCUT2D eigenvalue weighted by Gasteiger charge is -2.18. The van der Waals surface area contributed by atoms with E-state index in [1.807, 2.05) is 60.7 Å². The molecule has 0 radical (unpaired) electrons.